The molecule has 4 nitrogen and oxygen atoms in total. The number of nitrogens with one attached hydrogen (secondary N) is 1. The first-order valence-electron chi connectivity index (χ1n) is 7.34. The van der Waals surface area contributed by atoms with Gasteiger partial charge in [-0.15, -0.1) is 0 Å². The molecule has 1 N–H and O–H groups in total. The second kappa shape index (κ2) is 8.20. The first-order valence-corrected chi connectivity index (χ1v) is 7.34. The summed E-state index contributed by atoms with van der Waals surface area (Å²) in [6, 6.07) is 17.6. The molecule has 0 aliphatic heterocycles. The van der Waals surface area contributed by atoms with Crippen molar-refractivity contribution in [3.05, 3.63) is 60.2 Å². The second-order valence-corrected chi connectivity index (χ2v) is 5.25. The van der Waals surface area contributed by atoms with Crippen molar-refractivity contribution in [3.63, 3.8) is 0 Å². The monoisotopic (exact) mass is 298 g/mol. The predicted octanol–water partition coefficient (Wildman–Crippen LogP) is 2.81. The Morgan fingerprint density at radius 3 is 2.41 bits per heavy atom. The van der Waals surface area contributed by atoms with Gasteiger partial charge < -0.3 is 10.1 Å². The lowest BCUT2D eigenvalue weighted by Crippen LogP contribution is -2.31. The van der Waals surface area contributed by atoms with Gasteiger partial charge in [0.25, 0.3) is 0 Å². The Balaban J connectivity index is 1.75. The fourth-order valence-electron chi connectivity index (χ4n) is 2.16. The lowest BCUT2D eigenvalue weighted by molar-refractivity contribution is -0.117. The number of methoxy groups -OCH3 is 1. The van der Waals surface area contributed by atoms with Crippen LogP contribution in [-0.2, 0) is 11.2 Å². The molecule has 1 amide bonds. The zero-order valence-corrected chi connectivity index (χ0v) is 13.1. The molecule has 4 heteroatoms. The van der Waals surface area contributed by atoms with Crippen LogP contribution in [0.4, 0.5) is 5.69 Å². The minimum Gasteiger partial charge on any atom is -0.497 e. The van der Waals surface area contributed by atoms with Crippen molar-refractivity contribution in [3.8, 4) is 5.75 Å². The number of anilines is 1. The highest BCUT2D eigenvalue weighted by atomic mass is 16.5. The van der Waals surface area contributed by atoms with Crippen LogP contribution in [0.25, 0.3) is 0 Å². The third-order valence-corrected chi connectivity index (χ3v) is 3.41. The quantitative estimate of drug-likeness (QED) is 0.854. The molecule has 116 valence electrons. The van der Waals surface area contributed by atoms with Crippen LogP contribution < -0.4 is 10.1 Å². The Kier molecular flexibility index (Phi) is 5.98. The second-order valence-electron chi connectivity index (χ2n) is 5.25. The van der Waals surface area contributed by atoms with Gasteiger partial charge in [0.15, 0.2) is 0 Å². The van der Waals surface area contributed by atoms with E-state index in [0.717, 1.165) is 24.4 Å². The van der Waals surface area contributed by atoms with Crippen LogP contribution >= 0.6 is 0 Å². The number of amides is 1. The minimum absolute atomic E-state index is 0.0132. The number of likely N-dealkylation sites (N-methyl/N-ethyl adjacent to an activating group) is 1. The number of nitrogens with zero attached hydrogens (tertiary/aromatic N) is 1. The molecule has 0 saturated carbocycles. The lowest BCUT2D eigenvalue weighted by atomic mass is 10.1. The number of carbonyl (C=O) groups excluding carboxylic acids is 1. The Bertz CT molecular complexity index is 582. The van der Waals surface area contributed by atoms with Crippen LogP contribution in [0.3, 0.4) is 0 Å². The molecule has 0 saturated heterocycles. The highest BCUT2D eigenvalue weighted by molar-refractivity contribution is 5.92. The van der Waals surface area contributed by atoms with E-state index in [2.05, 4.69) is 17.4 Å². The molecule has 22 heavy (non-hydrogen) atoms. The minimum atomic E-state index is -0.0132. The maximum atomic E-state index is 12.0. The first kappa shape index (κ1) is 16.0. The molecule has 0 aromatic heterocycles. The Hall–Kier alpha value is -2.33. The van der Waals surface area contributed by atoms with Gasteiger partial charge in [-0.2, -0.15) is 0 Å². The van der Waals surface area contributed by atoms with Crippen LogP contribution in [0.2, 0.25) is 0 Å². The molecule has 0 aliphatic rings. The zero-order valence-electron chi connectivity index (χ0n) is 13.1. The fourth-order valence-corrected chi connectivity index (χ4v) is 2.16. The van der Waals surface area contributed by atoms with Gasteiger partial charge >= 0.3 is 0 Å². The third-order valence-electron chi connectivity index (χ3n) is 3.41. The Labute approximate surface area is 131 Å². The molecule has 0 atom stereocenters. The van der Waals surface area contributed by atoms with Crippen molar-refractivity contribution in [2.45, 2.75) is 6.42 Å². The van der Waals surface area contributed by atoms with Crippen molar-refractivity contribution in [1.82, 2.24) is 4.90 Å². The number of rotatable bonds is 7. The van der Waals surface area contributed by atoms with Gasteiger partial charge in [0.2, 0.25) is 5.91 Å². The SMILES string of the molecule is COc1ccc(NC(=O)CN(C)CCc2ccccc2)cc1. The molecule has 2 aromatic rings. The van der Waals surface area contributed by atoms with E-state index in [4.69, 9.17) is 4.74 Å². The zero-order chi connectivity index (χ0) is 15.8. The van der Waals surface area contributed by atoms with Crippen molar-refractivity contribution in [1.29, 1.82) is 0 Å². The predicted molar refractivity (Wildman–Crippen MR) is 89.3 cm³/mol. The van der Waals surface area contributed by atoms with E-state index in [-0.39, 0.29) is 5.91 Å². The molecule has 0 spiro atoms. The van der Waals surface area contributed by atoms with Crippen LogP contribution in [-0.4, -0.2) is 38.1 Å². The standard InChI is InChI=1S/C18H22N2O2/c1-20(13-12-15-6-4-3-5-7-15)14-18(21)19-16-8-10-17(22-2)11-9-16/h3-11H,12-14H2,1-2H3,(H,19,21). The van der Waals surface area contributed by atoms with Crippen molar-refractivity contribution < 1.29 is 9.53 Å². The summed E-state index contributed by atoms with van der Waals surface area (Å²) in [7, 11) is 3.58. The number of carbonyl (C=O) groups is 1. The van der Waals surface area contributed by atoms with Gasteiger partial charge in [0.1, 0.15) is 5.75 Å². The highest BCUT2D eigenvalue weighted by Crippen LogP contribution is 2.14. The molecule has 0 fully saturated rings. The summed E-state index contributed by atoms with van der Waals surface area (Å²) in [6.07, 6.45) is 0.938. The van der Waals surface area contributed by atoms with Crippen molar-refractivity contribution in [2.24, 2.45) is 0 Å². The number of hydrogen-bond donors (Lipinski definition) is 1. The van der Waals surface area contributed by atoms with Crippen LogP contribution in [0.1, 0.15) is 5.56 Å². The number of benzene rings is 2. The molecule has 2 aromatic carbocycles. The third kappa shape index (κ3) is 5.22. The average molecular weight is 298 g/mol. The Morgan fingerprint density at radius 2 is 1.77 bits per heavy atom. The average Bonchev–Trinajstić information content (AvgIpc) is 2.54. The van der Waals surface area contributed by atoms with Gasteiger partial charge in [0.05, 0.1) is 13.7 Å². The van der Waals surface area contributed by atoms with Crippen LogP contribution in [0.5, 0.6) is 5.75 Å². The van der Waals surface area contributed by atoms with Crippen LogP contribution in [0.15, 0.2) is 54.6 Å². The number of ether oxygens (including phenoxy) is 1. The van der Waals surface area contributed by atoms with E-state index >= 15 is 0 Å². The lowest BCUT2D eigenvalue weighted by Gasteiger charge is -2.16. The fraction of sp³-hybridized carbons (Fsp3) is 0.278. The smallest absolute Gasteiger partial charge is 0.238 e. The normalized spacial score (nSPS) is 10.5. The van der Waals surface area contributed by atoms with E-state index in [9.17, 15) is 4.79 Å². The Morgan fingerprint density at radius 1 is 1.09 bits per heavy atom. The first-order chi connectivity index (χ1) is 10.7. The van der Waals surface area contributed by atoms with Gasteiger partial charge in [-0.1, -0.05) is 30.3 Å². The molecule has 0 aliphatic carbocycles. The van der Waals surface area contributed by atoms with E-state index in [0.29, 0.717) is 6.54 Å². The largest absolute Gasteiger partial charge is 0.497 e. The molecule has 0 bridgehead atoms. The maximum absolute atomic E-state index is 12.0. The maximum Gasteiger partial charge on any atom is 0.238 e. The van der Waals surface area contributed by atoms with Gasteiger partial charge in [0, 0.05) is 12.2 Å². The summed E-state index contributed by atoms with van der Waals surface area (Å²) in [4.78, 5) is 14.0. The summed E-state index contributed by atoms with van der Waals surface area (Å²) < 4.78 is 5.09. The summed E-state index contributed by atoms with van der Waals surface area (Å²) in [6.45, 7) is 1.22. The van der Waals surface area contributed by atoms with Crippen LogP contribution in [0, 0.1) is 0 Å². The van der Waals surface area contributed by atoms with Gasteiger partial charge in [-0.25, -0.2) is 0 Å². The number of hydrogen-bond acceptors (Lipinski definition) is 3. The van der Waals surface area contributed by atoms with E-state index in [1.165, 1.54) is 5.56 Å². The summed E-state index contributed by atoms with van der Waals surface area (Å²) in [5.41, 5.74) is 2.06. The molecular formula is C18H22N2O2. The molecule has 0 heterocycles. The summed E-state index contributed by atoms with van der Waals surface area (Å²) in [5, 5.41) is 2.89. The highest BCUT2D eigenvalue weighted by Gasteiger charge is 2.07. The van der Waals surface area contributed by atoms with E-state index < -0.39 is 0 Å². The van der Waals surface area contributed by atoms with Crippen molar-refractivity contribution in [2.75, 3.05) is 32.6 Å². The van der Waals surface area contributed by atoms with Gasteiger partial charge in [-0.05, 0) is 43.3 Å². The summed E-state index contributed by atoms with van der Waals surface area (Å²) >= 11 is 0. The molecule has 0 radical (unpaired) electrons. The van der Waals surface area contributed by atoms with E-state index in [1.807, 2.05) is 54.4 Å². The van der Waals surface area contributed by atoms with E-state index in [1.54, 1.807) is 7.11 Å². The molecular weight excluding hydrogens is 276 g/mol. The molecule has 2 rings (SSSR count). The topological polar surface area (TPSA) is 41.6 Å². The van der Waals surface area contributed by atoms with Crippen molar-refractivity contribution >= 4 is 11.6 Å². The molecule has 0 unspecified atom stereocenters. The van der Waals surface area contributed by atoms with Gasteiger partial charge in [-0.3, -0.25) is 9.69 Å². The summed E-state index contributed by atoms with van der Waals surface area (Å²) in [5.74, 6) is 0.763.